The molecular weight excluding hydrogens is 316 g/mol. The number of aromatic nitrogens is 1. The van der Waals surface area contributed by atoms with Crippen molar-refractivity contribution in [1.82, 2.24) is 20.1 Å². The van der Waals surface area contributed by atoms with E-state index in [1.807, 2.05) is 20.8 Å². The molecule has 2 heterocycles. The number of carbonyl (C=O) groups excluding carboxylic acids is 2. The van der Waals surface area contributed by atoms with Gasteiger partial charge in [0.25, 0.3) is 0 Å². The maximum absolute atomic E-state index is 12.1. The summed E-state index contributed by atoms with van der Waals surface area (Å²) >= 11 is 1.56. The van der Waals surface area contributed by atoms with Crippen LogP contribution in [0.1, 0.15) is 25.6 Å². The zero-order valence-electron chi connectivity index (χ0n) is 13.9. The molecular formula is C15H24N4O3S. The number of thiazole rings is 1. The summed E-state index contributed by atoms with van der Waals surface area (Å²) in [6, 6.07) is 0. The van der Waals surface area contributed by atoms with E-state index in [9.17, 15) is 9.59 Å². The van der Waals surface area contributed by atoms with Crippen molar-refractivity contribution in [1.29, 1.82) is 0 Å². The van der Waals surface area contributed by atoms with Crippen LogP contribution in [0, 0.1) is 0 Å². The number of nitrogens with one attached hydrogen (secondary N) is 1. The molecule has 2 amide bonds. The van der Waals surface area contributed by atoms with E-state index in [-0.39, 0.29) is 12.0 Å². The van der Waals surface area contributed by atoms with Gasteiger partial charge in [0.15, 0.2) is 0 Å². The van der Waals surface area contributed by atoms with Crippen molar-refractivity contribution in [2.45, 2.75) is 32.9 Å². The fraction of sp³-hybridized carbons (Fsp3) is 0.667. The van der Waals surface area contributed by atoms with Gasteiger partial charge in [-0.3, -0.25) is 9.78 Å². The number of rotatable bonds is 4. The van der Waals surface area contributed by atoms with Gasteiger partial charge >= 0.3 is 6.09 Å². The number of nitrogens with zero attached hydrogens (tertiary/aromatic N) is 3. The minimum atomic E-state index is -0.495. The molecule has 2 rings (SSSR count). The normalized spacial score (nSPS) is 15.6. The molecule has 128 valence electrons. The number of piperazine rings is 1. The second-order valence-corrected chi connectivity index (χ2v) is 7.39. The summed E-state index contributed by atoms with van der Waals surface area (Å²) in [7, 11) is 0. The topological polar surface area (TPSA) is 74.8 Å². The first-order valence-electron chi connectivity index (χ1n) is 7.69. The lowest BCUT2D eigenvalue weighted by Crippen LogP contribution is -2.53. The highest BCUT2D eigenvalue weighted by Gasteiger charge is 2.27. The molecule has 7 nitrogen and oxygen atoms in total. The minimum absolute atomic E-state index is 0.0540. The van der Waals surface area contributed by atoms with Crippen LogP contribution in [0.15, 0.2) is 11.7 Å². The Kier molecular flexibility index (Phi) is 5.95. The Morgan fingerprint density at radius 1 is 1.26 bits per heavy atom. The van der Waals surface area contributed by atoms with Crippen LogP contribution in [0.25, 0.3) is 0 Å². The number of ether oxygens (including phenoxy) is 1. The van der Waals surface area contributed by atoms with Gasteiger partial charge in [0, 0.05) is 43.8 Å². The van der Waals surface area contributed by atoms with E-state index in [4.69, 9.17) is 4.74 Å². The summed E-state index contributed by atoms with van der Waals surface area (Å²) in [5.41, 5.74) is 1.28. The van der Waals surface area contributed by atoms with E-state index in [1.54, 1.807) is 32.8 Å². The average molecular weight is 340 g/mol. The van der Waals surface area contributed by atoms with E-state index in [0.717, 1.165) is 4.88 Å². The van der Waals surface area contributed by atoms with Gasteiger partial charge in [-0.05, 0) is 20.8 Å². The highest BCUT2D eigenvalue weighted by atomic mass is 32.1. The molecule has 1 aliphatic rings. The Hall–Kier alpha value is -1.67. The average Bonchev–Trinajstić information content (AvgIpc) is 2.99. The third-order valence-corrected chi connectivity index (χ3v) is 4.12. The van der Waals surface area contributed by atoms with Crippen LogP contribution in [0.2, 0.25) is 0 Å². The SMILES string of the molecule is CC(C)(C)OC(=O)N1CCN(C(=O)CNCc2cncs2)CC1. The molecule has 1 aromatic rings. The predicted octanol–water partition coefficient (Wildman–Crippen LogP) is 1.31. The summed E-state index contributed by atoms with van der Waals surface area (Å²) in [6.45, 7) is 8.59. The lowest BCUT2D eigenvalue weighted by molar-refractivity contribution is -0.132. The molecule has 8 heteroatoms. The Bertz CT molecular complexity index is 519. The summed E-state index contributed by atoms with van der Waals surface area (Å²) < 4.78 is 5.35. The van der Waals surface area contributed by atoms with E-state index >= 15 is 0 Å². The fourth-order valence-electron chi connectivity index (χ4n) is 2.20. The number of hydrogen-bond donors (Lipinski definition) is 1. The van der Waals surface area contributed by atoms with E-state index < -0.39 is 5.60 Å². The van der Waals surface area contributed by atoms with Gasteiger partial charge < -0.3 is 19.9 Å². The molecule has 0 radical (unpaired) electrons. The molecule has 0 spiro atoms. The lowest BCUT2D eigenvalue weighted by atomic mass is 10.2. The quantitative estimate of drug-likeness (QED) is 0.894. The molecule has 0 atom stereocenters. The van der Waals surface area contributed by atoms with Crippen molar-refractivity contribution in [2.24, 2.45) is 0 Å². The molecule has 1 aromatic heterocycles. The van der Waals surface area contributed by atoms with Crippen molar-refractivity contribution in [2.75, 3.05) is 32.7 Å². The third kappa shape index (κ3) is 5.80. The summed E-state index contributed by atoms with van der Waals surface area (Å²) in [6.07, 6.45) is 1.48. The smallest absolute Gasteiger partial charge is 0.410 e. The Labute approximate surface area is 140 Å². The number of carbonyl (C=O) groups is 2. The van der Waals surface area contributed by atoms with Crippen LogP contribution < -0.4 is 5.32 Å². The molecule has 0 aromatic carbocycles. The highest BCUT2D eigenvalue weighted by molar-refractivity contribution is 7.09. The Morgan fingerprint density at radius 2 is 1.91 bits per heavy atom. The van der Waals surface area contributed by atoms with Gasteiger partial charge in [-0.1, -0.05) is 0 Å². The first kappa shape index (κ1) is 17.7. The van der Waals surface area contributed by atoms with Gasteiger partial charge in [-0.25, -0.2) is 4.79 Å². The molecule has 0 bridgehead atoms. The van der Waals surface area contributed by atoms with Crippen molar-refractivity contribution in [3.8, 4) is 0 Å². The van der Waals surface area contributed by atoms with Gasteiger partial charge in [-0.15, -0.1) is 11.3 Å². The van der Waals surface area contributed by atoms with Gasteiger partial charge in [0.05, 0.1) is 12.1 Å². The zero-order valence-corrected chi connectivity index (χ0v) is 14.7. The second kappa shape index (κ2) is 7.74. The predicted molar refractivity (Wildman–Crippen MR) is 88.2 cm³/mol. The highest BCUT2D eigenvalue weighted by Crippen LogP contribution is 2.12. The largest absolute Gasteiger partial charge is 0.444 e. The third-order valence-electron chi connectivity index (χ3n) is 3.34. The van der Waals surface area contributed by atoms with Crippen molar-refractivity contribution in [3.05, 3.63) is 16.6 Å². The van der Waals surface area contributed by atoms with E-state index in [2.05, 4.69) is 10.3 Å². The standard InChI is InChI=1S/C15H24N4O3S/c1-15(2,3)22-14(21)19-6-4-18(5-7-19)13(20)10-16-8-12-9-17-11-23-12/h9,11,16H,4-8,10H2,1-3H3. The monoisotopic (exact) mass is 340 g/mol. The Morgan fingerprint density at radius 3 is 2.48 bits per heavy atom. The second-order valence-electron chi connectivity index (χ2n) is 6.42. The van der Waals surface area contributed by atoms with Crippen LogP contribution in [0.3, 0.4) is 0 Å². The van der Waals surface area contributed by atoms with Crippen molar-refractivity contribution in [3.63, 3.8) is 0 Å². The van der Waals surface area contributed by atoms with E-state index in [1.165, 1.54) is 0 Å². The van der Waals surface area contributed by atoms with Crippen LogP contribution >= 0.6 is 11.3 Å². The number of hydrogen-bond acceptors (Lipinski definition) is 6. The fourth-order valence-corrected chi connectivity index (χ4v) is 2.76. The zero-order chi connectivity index (χ0) is 16.9. The maximum atomic E-state index is 12.1. The molecule has 1 aliphatic heterocycles. The Balaban J connectivity index is 1.69. The molecule has 0 unspecified atom stereocenters. The molecule has 1 saturated heterocycles. The maximum Gasteiger partial charge on any atom is 0.410 e. The van der Waals surface area contributed by atoms with Gasteiger partial charge in [0.2, 0.25) is 5.91 Å². The lowest BCUT2D eigenvalue weighted by Gasteiger charge is -2.35. The first-order chi connectivity index (χ1) is 10.8. The molecule has 0 aliphatic carbocycles. The summed E-state index contributed by atoms with van der Waals surface area (Å²) in [5.74, 6) is 0.0540. The molecule has 0 saturated carbocycles. The minimum Gasteiger partial charge on any atom is -0.444 e. The summed E-state index contributed by atoms with van der Waals surface area (Å²) in [5, 5.41) is 3.12. The van der Waals surface area contributed by atoms with Gasteiger partial charge in [-0.2, -0.15) is 0 Å². The molecule has 1 N–H and O–H groups in total. The van der Waals surface area contributed by atoms with Crippen LogP contribution in [0.4, 0.5) is 4.79 Å². The van der Waals surface area contributed by atoms with E-state index in [0.29, 0.717) is 39.3 Å². The van der Waals surface area contributed by atoms with Crippen LogP contribution in [-0.2, 0) is 16.1 Å². The van der Waals surface area contributed by atoms with Crippen molar-refractivity contribution >= 4 is 23.3 Å². The molecule has 1 fully saturated rings. The summed E-state index contributed by atoms with van der Waals surface area (Å²) in [4.78, 5) is 32.7. The van der Waals surface area contributed by atoms with Crippen LogP contribution in [0.5, 0.6) is 0 Å². The van der Waals surface area contributed by atoms with Crippen LogP contribution in [-0.4, -0.2) is 65.1 Å². The molecule has 23 heavy (non-hydrogen) atoms. The van der Waals surface area contributed by atoms with Gasteiger partial charge in [0.1, 0.15) is 5.60 Å². The van der Waals surface area contributed by atoms with Crippen molar-refractivity contribution < 1.29 is 14.3 Å². The first-order valence-corrected chi connectivity index (χ1v) is 8.57. The number of amides is 2.